The van der Waals surface area contributed by atoms with Crippen LogP contribution in [0.2, 0.25) is 0 Å². The van der Waals surface area contributed by atoms with Crippen LogP contribution in [0.4, 0.5) is 0 Å². The number of imidazole rings is 1. The van der Waals surface area contributed by atoms with E-state index in [1.54, 1.807) is 0 Å². The van der Waals surface area contributed by atoms with E-state index in [-0.39, 0.29) is 0 Å². The summed E-state index contributed by atoms with van der Waals surface area (Å²) >= 11 is 0. The first-order valence-electron chi connectivity index (χ1n) is 5.51. The molecule has 1 aromatic rings. The largest absolute Gasteiger partial charge is 0.338 e. The lowest BCUT2D eigenvalue weighted by molar-refractivity contribution is 0.234. The van der Waals surface area contributed by atoms with Gasteiger partial charge in [0.15, 0.2) is 0 Å². The second-order valence-electron chi connectivity index (χ2n) is 4.15. The average molecular weight is 193 g/mol. The molecule has 2 atom stereocenters. The van der Waals surface area contributed by atoms with Gasteiger partial charge < -0.3 is 9.88 Å². The summed E-state index contributed by atoms with van der Waals surface area (Å²) in [5, 5.41) is 3.42. The fourth-order valence-corrected chi connectivity index (χ4v) is 2.22. The van der Waals surface area contributed by atoms with E-state index in [9.17, 15) is 0 Å². The van der Waals surface area contributed by atoms with Gasteiger partial charge in [0.2, 0.25) is 0 Å². The van der Waals surface area contributed by atoms with E-state index in [1.807, 2.05) is 12.4 Å². The zero-order valence-electron chi connectivity index (χ0n) is 9.03. The summed E-state index contributed by atoms with van der Waals surface area (Å²) in [6.45, 7) is 4.38. The van der Waals surface area contributed by atoms with Crippen molar-refractivity contribution in [3.8, 4) is 0 Å². The molecule has 2 unspecified atom stereocenters. The minimum Gasteiger partial charge on any atom is -0.338 e. The number of rotatable bonds is 4. The van der Waals surface area contributed by atoms with Crippen molar-refractivity contribution in [3.05, 3.63) is 18.2 Å². The van der Waals surface area contributed by atoms with Crippen LogP contribution in [0, 0.1) is 5.92 Å². The minimum absolute atomic E-state index is 0.689. The first kappa shape index (κ1) is 9.71. The molecule has 78 valence electrons. The Hall–Kier alpha value is -0.830. The summed E-state index contributed by atoms with van der Waals surface area (Å²) in [7, 11) is 2.09. The van der Waals surface area contributed by atoms with Crippen molar-refractivity contribution < 1.29 is 0 Å². The predicted octanol–water partition coefficient (Wildman–Crippen LogP) is 1.52. The van der Waals surface area contributed by atoms with Gasteiger partial charge in [-0.1, -0.05) is 6.92 Å². The smallest absolute Gasteiger partial charge is 0.111 e. The predicted molar refractivity (Wildman–Crippen MR) is 57.2 cm³/mol. The van der Waals surface area contributed by atoms with Crippen LogP contribution in [0.1, 0.15) is 31.5 Å². The molecule has 1 fully saturated rings. The van der Waals surface area contributed by atoms with E-state index >= 15 is 0 Å². The van der Waals surface area contributed by atoms with Gasteiger partial charge in [0.25, 0.3) is 0 Å². The Balaban J connectivity index is 1.96. The van der Waals surface area contributed by atoms with Gasteiger partial charge in [0.05, 0.1) is 0 Å². The summed E-state index contributed by atoms with van der Waals surface area (Å²) in [5.41, 5.74) is 0. The van der Waals surface area contributed by atoms with Gasteiger partial charge >= 0.3 is 0 Å². The number of aromatic nitrogens is 2. The molecule has 0 bridgehead atoms. The van der Waals surface area contributed by atoms with Crippen molar-refractivity contribution in [1.29, 1.82) is 0 Å². The first-order chi connectivity index (χ1) is 6.83. The van der Waals surface area contributed by atoms with Gasteiger partial charge in [-0.3, -0.25) is 0 Å². The van der Waals surface area contributed by atoms with Crippen LogP contribution in [0.3, 0.4) is 0 Å². The van der Waals surface area contributed by atoms with Crippen molar-refractivity contribution in [2.24, 2.45) is 13.0 Å². The Morgan fingerprint density at radius 2 is 2.43 bits per heavy atom. The minimum atomic E-state index is 0.689. The molecule has 3 heteroatoms. The Bertz CT molecular complexity index is 292. The fraction of sp³-hybridized carbons (Fsp3) is 0.727. The highest BCUT2D eigenvalue weighted by Crippen LogP contribution is 2.40. The van der Waals surface area contributed by atoms with Crippen molar-refractivity contribution in [2.75, 3.05) is 13.1 Å². The molecule has 1 saturated carbocycles. The number of nitrogens with zero attached hydrogens (tertiary/aromatic N) is 2. The molecule has 1 aliphatic carbocycles. The van der Waals surface area contributed by atoms with Crippen LogP contribution >= 0.6 is 0 Å². The first-order valence-corrected chi connectivity index (χ1v) is 5.51. The monoisotopic (exact) mass is 193 g/mol. The molecule has 0 aromatic carbocycles. The molecule has 0 amide bonds. The highest BCUT2D eigenvalue weighted by molar-refractivity contribution is 5.07. The summed E-state index contributed by atoms with van der Waals surface area (Å²) in [4.78, 5) is 4.43. The quantitative estimate of drug-likeness (QED) is 0.785. The lowest BCUT2D eigenvalue weighted by atomic mass is 9.73. The van der Waals surface area contributed by atoms with Gasteiger partial charge in [-0.05, 0) is 31.8 Å². The molecule has 1 heterocycles. The molecule has 3 nitrogen and oxygen atoms in total. The van der Waals surface area contributed by atoms with Crippen LogP contribution in [-0.2, 0) is 7.05 Å². The van der Waals surface area contributed by atoms with Gasteiger partial charge in [0, 0.05) is 25.4 Å². The van der Waals surface area contributed by atoms with Gasteiger partial charge in [-0.25, -0.2) is 4.98 Å². The zero-order valence-corrected chi connectivity index (χ0v) is 9.03. The van der Waals surface area contributed by atoms with E-state index in [1.165, 1.54) is 18.7 Å². The van der Waals surface area contributed by atoms with E-state index in [0.29, 0.717) is 5.92 Å². The van der Waals surface area contributed by atoms with E-state index < -0.39 is 0 Å². The van der Waals surface area contributed by atoms with Crippen molar-refractivity contribution >= 4 is 0 Å². The van der Waals surface area contributed by atoms with Crippen molar-refractivity contribution in [1.82, 2.24) is 14.9 Å². The molecule has 0 aliphatic heterocycles. The van der Waals surface area contributed by atoms with Gasteiger partial charge in [-0.2, -0.15) is 0 Å². The maximum absolute atomic E-state index is 4.43. The van der Waals surface area contributed by atoms with E-state index in [0.717, 1.165) is 19.0 Å². The number of hydrogen-bond acceptors (Lipinski definition) is 2. The highest BCUT2D eigenvalue weighted by atomic mass is 15.0. The van der Waals surface area contributed by atoms with Crippen LogP contribution in [0.15, 0.2) is 12.4 Å². The van der Waals surface area contributed by atoms with E-state index in [4.69, 9.17) is 0 Å². The SMILES string of the molecule is CCNCC1CCC1c1nccn1C. The van der Waals surface area contributed by atoms with Crippen molar-refractivity contribution in [2.45, 2.75) is 25.7 Å². The zero-order chi connectivity index (χ0) is 9.97. The molecule has 1 aromatic heterocycles. The molecule has 1 N–H and O–H groups in total. The molecule has 14 heavy (non-hydrogen) atoms. The molecule has 1 aliphatic rings. The second kappa shape index (κ2) is 4.13. The molecule has 0 spiro atoms. The Labute approximate surface area is 85.5 Å². The maximum atomic E-state index is 4.43. The van der Waals surface area contributed by atoms with Crippen LogP contribution in [0.5, 0.6) is 0 Å². The summed E-state index contributed by atoms with van der Waals surface area (Å²) < 4.78 is 2.16. The average Bonchev–Trinajstić information content (AvgIpc) is 2.51. The second-order valence-corrected chi connectivity index (χ2v) is 4.15. The maximum Gasteiger partial charge on any atom is 0.111 e. The third-order valence-corrected chi connectivity index (χ3v) is 3.26. The normalized spacial score (nSPS) is 26.1. The molecular formula is C11H19N3. The van der Waals surface area contributed by atoms with Gasteiger partial charge in [-0.15, -0.1) is 0 Å². The Morgan fingerprint density at radius 1 is 1.57 bits per heavy atom. The standard InChI is InChI=1S/C11H19N3/c1-3-12-8-9-4-5-10(9)11-13-6-7-14(11)2/h6-7,9-10,12H,3-5,8H2,1-2H3. The van der Waals surface area contributed by atoms with Crippen LogP contribution in [0.25, 0.3) is 0 Å². The molecule has 0 saturated heterocycles. The summed E-state index contributed by atoms with van der Waals surface area (Å²) in [6, 6.07) is 0. The third kappa shape index (κ3) is 1.69. The third-order valence-electron chi connectivity index (χ3n) is 3.26. The Morgan fingerprint density at radius 3 is 2.93 bits per heavy atom. The lowest BCUT2D eigenvalue weighted by Gasteiger charge is -2.36. The molecule has 2 rings (SSSR count). The molecular weight excluding hydrogens is 174 g/mol. The highest BCUT2D eigenvalue weighted by Gasteiger charge is 2.33. The molecule has 0 radical (unpaired) electrons. The van der Waals surface area contributed by atoms with E-state index in [2.05, 4.69) is 28.8 Å². The van der Waals surface area contributed by atoms with Gasteiger partial charge in [0.1, 0.15) is 5.82 Å². The summed E-state index contributed by atoms with van der Waals surface area (Å²) in [6.07, 6.45) is 6.60. The number of hydrogen-bond donors (Lipinski definition) is 1. The van der Waals surface area contributed by atoms with Crippen molar-refractivity contribution in [3.63, 3.8) is 0 Å². The lowest BCUT2D eigenvalue weighted by Crippen LogP contribution is -2.35. The topological polar surface area (TPSA) is 29.9 Å². The van der Waals surface area contributed by atoms with Crippen LogP contribution < -0.4 is 5.32 Å². The summed E-state index contributed by atoms with van der Waals surface area (Å²) in [5.74, 6) is 2.75. The fourth-order valence-electron chi connectivity index (χ4n) is 2.22. The Kier molecular flexibility index (Phi) is 2.87. The van der Waals surface area contributed by atoms with Crippen LogP contribution in [-0.4, -0.2) is 22.6 Å². The number of nitrogens with one attached hydrogen (secondary N) is 1. The number of aryl methyl sites for hydroxylation is 1.